The van der Waals surface area contributed by atoms with Crippen molar-refractivity contribution in [2.24, 2.45) is 0 Å². The monoisotopic (exact) mass is 366 g/mol. The van der Waals surface area contributed by atoms with Gasteiger partial charge in [-0.15, -0.1) is 5.10 Å². The maximum atomic E-state index is 12.9. The molecule has 1 aliphatic rings. The first-order valence-electron chi connectivity index (χ1n) is 9.10. The molecule has 1 aliphatic heterocycles. The van der Waals surface area contributed by atoms with Crippen LogP contribution in [0.25, 0.3) is 5.65 Å². The summed E-state index contributed by atoms with van der Waals surface area (Å²) in [5, 5.41) is 7.15. The molecular weight excluding hydrogens is 344 g/mol. The van der Waals surface area contributed by atoms with Crippen LogP contribution in [0.15, 0.2) is 35.1 Å². The van der Waals surface area contributed by atoms with Crippen LogP contribution in [-0.4, -0.2) is 38.2 Å². The molecule has 0 bridgehead atoms. The highest BCUT2D eigenvalue weighted by Crippen LogP contribution is 2.18. The van der Waals surface area contributed by atoms with Gasteiger partial charge in [-0.1, -0.05) is 12.1 Å². The summed E-state index contributed by atoms with van der Waals surface area (Å²) in [6.07, 6.45) is 2.16. The van der Waals surface area contributed by atoms with Crippen LogP contribution in [0.1, 0.15) is 24.1 Å². The quantitative estimate of drug-likeness (QED) is 0.760. The SMILES string of the molecule is Cc1cccc(NC(=O)Cn2nc3cc(C)nc(N4CCCC4)n3c2=O)c1. The zero-order chi connectivity index (χ0) is 19.0. The van der Waals surface area contributed by atoms with E-state index in [1.165, 1.54) is 9.08 Å². The molecule has 8 heteroatoms. The van der Waals surface area contributed by atoms with Gasteiger partial charge in [-0.05, 0) is 44.4 Å². The Hall–Kier alpha value is -3.16. The first-order valence-corrected chi connectivity index (χ1v) is 9.10. The van der Waals surface area contributed by atoms with Gasteiger partial charge in [0.1, 0.15) is 6.54 Å². The van der Waals surface area contributed by atoms with Crippen molar-refractivity contribution in [3.63, 3.8) is 0 Å². The molecule has 0 radical (unpaired) electrons. The molecule has 0 unspecified atom stereocenters. The third kappa shape index (κ3) is 3.42. The second kappa shape index (κ2) is 6.86. The minimum absolute atomic E-state index is 0.146. The van der Waals surface area contributed by atoms with Crippen molar-refractivity contribution in [3.8, 4) is 0 Å². The van der Waals surface area contributed by atoms with Gasteiger partial charge in [-0.2, -0.15) is 0 Å². The third-order valence-electron chi connectivity index (χ3n) is 4.66. The molecule has 1 amide bonds. The summed E-state index contributed by atoms with van der Waals surface area (Å²) in [4.78, 5) is 31.9. The van der Waals surface area contributed by atoms with E-state index in [1.807, 2.05) is 38.1 Å². The van der Waals surface area contributed by atoms with Gasteiger partial charge in [0, 0.05) is 30.5 Å². The highest BCUT2D eigenvalue weighted by molar-refractivity contribution is 5.90. The Labute approximate surface area is 156 Å². The predicted octanol–water partition coefficient (Wildman–Crippen LogP) is 1.75. The molecule has 0 spiro atoms. The topological polar surface area (TPSA) is 84.5 Å². The molecule has 0 saturated carbocycles. The van der Waals surface area contributed by atoms with Crippen molar-refractivity contribution in [2.45, 2.75) is 33.2 Å². The fourth-order valence-corrected chi connectivity index (χ4v) is 3.42. The van der Waals surface area contributed by atoms with Crippen molar-refractivity contribution in [1.82, 2.24) is 19.2 Å². The molecule has 1 N–H and O–H groups in total. The first-order chi connectivity index (χ1) is 13.0. The zero-order valence-corrected chi connectivity index (χ0v) is 15.5. The van der Waals surface area contributed by atoms with Crippen molar-refractivity contribution in [3.05, 3.63) is 52.1 Å². The van der Waals surface area contributed by atoms with Gasteiger partial charge in [0.15, 0.2) is 5.65 Å². The number of nitrogens with zero attached hydrogens (tertiary/aromatic N) is 5. The molecule has 2 aromatic heterocycles. The van der Waals surface area contributed by atoms with Gasteiger partial charge in [0.25, 0.3) is 0 Å². The Kier molecular flexibility index (Phi) is 4.39. The first kappa shape index (κ1) is 17.3. The average Bonchev–Trinajstić information content (AvgIpc) is 3.23. The molecule has 27 heavy (non-hydrogen) atoms. The number of fused-ring (bicyclic) bond motifs is 1. The molecule has 0 atom stereocenters. The average molecular weight is 366 g/mol. The van der Waals surface area contributed by atoms with Crippen LogP contribution in [0, 0.1) is 13.8 Å². The molecule has 3 aromatic rings. The molecule has 0 aliphatic carbocycles. The van der Waals surface area contributed by atoms with Crippen molar-refractivity contribution in [1.29, 1.82) is 0 Å². The zero-order valence-electron chi connectivity index (χ0n) is 15.5. The lowest BCUT2D eigenvalue weighted by Gasteiger charge is -2.17. The van der Waals surface area contributed by atoms with Gasteiger partial charge < -0.3 is 10.2 Å². The normalized spacial score (nSPS) is 14.1. The Morgan fingerprint density at radius 2 is 1.96 bits per heavy atom. The largest absolute Gasteiger partial charge is 0.353 e. The Balaban J connectivity index is 1.64. The number of amides is 1. The van der Waals surface area contributed by atoms with Crippen LogP contribution < -0.4 is 15.9 Å². The van der Waals surface area contributed by atoms with Crippen LogP contribution in [-0.2, 0) is 11.3 Å². The van der Waals surface area contributed by atoms with E-state index < -0.39 is 0 Å². The molecule has 140 valence electrons. The van der Waals surface area contributed by atoms with E-state index >= 15 is 0 Å². The summed E-state index contributed by atoms with van der Waals surface area (Å²) in [6, 6.07) is 9.28. The fourth-order valence-electron chi connectivity index (χ4n) is 3.42. The number of carbonyl (C=O) groups is 1. The minimum Gasteiger partial charge on any atom is -0.342 e. The number of aryl methyl sites for hydroxylation is 2. The molecule has 8 nitrogen and oxygen atoms in total. The standard InChI is InChI=1S/C19H22N6O2/c1-13-6-5-7-15(10-13)21-17(26)12-24-19(27)25-16(22-24)11-14(2)20-18(25)23-8-3-4-9-23/h5-7,10-11H,3-4,8-9,12H2,1-2H3,(H,21,26). The fraction of sp³-hybridized carbons (Fsp3) is 0.368. The lowest BCUT2D eigenvalue weighted by atomic mass is 10.2. The summed E-state index contributed by atoms with van der Waals surface area (Å²) in [5.74, 6) is 0.316. The van der Waals surface area contributed by atoms with Crippen LogP contribution in [0.5, 0.6) is 0 Å². The maximum Gasteiger partial charge on any atom is 0.353 e. The second-order valence-corrected chi connectivity index (χ2v) is 6.94. The number of rotatable bonds is 4. The van der Waals surface area contributed by atoms with Crippen LogP contribution >= 0.6 is 0 Å². The van der Waals surface area contributed by atoms with E-state index in [0.29, 0.717) is 17.3 Å². The number of aromatic nitrogens is 4. The maximum absolute atomic E-state index is 12.9. The molecule has 4 rings (SSSR count). The van der Waals surface area contributed by atoms with Crippen molar-refractivity contribution in [2.75, 3.05) is 23.3 Å². The minimum atomic E-state index is -0.348. The van der Waals surface area contributed by atoms with Crippen LogP contribution in [0.4, 0.5) is 11.6 Å². The van der Waals surface area contributed by atoms with E-state index in [4.69, 9.17) is 0 Å². The van der Waals surface area contributed by atoms with Gasteiger partial charge in [0.05, 0.1) is 0 Å². The molecule has 1 aromatic carbocycles. The summed E-state index contributed by atoms with van der Waals surface area (Å²) < 4.78 is 2.69. The molecule has 1 saturated heterocycles. The number of anilines is 2. The van der Waals surface area contributed by atoms with E-state index in [2.05, 4.69) is 20.3 Å². The molecular formula is C19H22N6O2. The summed E-state index contributed by atoms with van der Waals surface area (Å²) in [7, 11) is 0. The van der Waals surface area contributed by atoms with Crippen molar-refractivity contribution < 1.29 is 4.79 Å². The van der Waals surface area contributed by atoms with E-state index in [0.717, 1.165) is 37.2 Å². The van der Waals surface area contributed by atoms with Gasteiger partial charge in [-0.3, -0.25) is 4.79 Å². The van der Waals surface area contributed by atoms with Crippen molar-refractivity contribution >= 4 is 23.2 Å². The lowest BCUT2D eigenvalue weighted by Crippen LogP contribution is -2.31. The number of carbonyl (C=O) groups excluding carboxylic acids is 1. The molecule has 3 heterocycles. The number of benzene rings is 1. The van der Waals surface area contributed by atoms with Gasteiger partial charge in [-0.25, -0.2) is 18.9 Å². The van der Waals surface area contributed by atoms with Crippen LogP contribution in [0.3, 0.4) is 0 Å². The van der Waals surface area contributed by atoms with Crippen LogP contribution in [0.2, 0.25) is 0 Å². The Morgan fingerprint density at radius 1 is 1.19 bits per heavy atom. The smallest absolute Gasteiger partial charge is 0.342 e. The third-order valence-corrected chi connectivity index (χ3v) is 4.66. The number of hydrogen-bond donors (Lipinski definition) is 1. The van der Waals surface area contributed by atoms with Gasteiger partial charge >= 0.3 is 5.69 Å². The second-order valence-electron chi connectivity index (χ2n) is 6.94. The van der Waals surface area contributed by atoms with E-state index in [-0.39, 0.29) is 18.1 Å². The summed E-state index contributed by atoms with van der Waals surface area (Å²) in [6.45, 7) is 5.44. The Bertz CT molecular complexity index is 1060. The lowest BCUT2D eigenvalue weighted by molar-refractivity contribution is -0.117. The number of nitrogens with one attached hydrogen (secondary N) is 1. The highest BCUT2D eigenvalue weighted by atomic mass is 16.2. The van der Waals surface area contributed by atoms with Gasteiger partial charge in [0.2, 0.25) is 11.9 Å². The Morgan fingerprint density at radius 3 is 2.70 bits per heavy atom. The molecule has 1 fully saturated rings. The van der Waals surface area contributed by atoms with E-state index in [9.17, 15) is 9.59 Å². The van der Waals surface area contributed by atoms with E-state index in [1.54, 1.807) is 6.07 Å². The predicted molar refractivity (Wildman–Crippen MR) is 103 cm³/mol. The summed E-state index contributed by atoms with van der Waals surface area (Å²) in [5.41, 5.74) is 2.71. The summed E-state index contributed by atoms with van der Waals surface area (Å²) >= 11 is 0. The number of hydrogen-bond acceptors (Lipinski definition) is 5. The highest BCUT2D eigenvalue weighted by Gasteiger charge is 2.21.